The summed E-state index contributed by atoms with van der Waals surface area (Å²) < 4.78 is 16.9. The molecule has 1 aromatic carbocycles. The van der Waals surface area contributed by atoms with Gasteiger partial charge < -0.3 is 19.3 Å². The molecule has 0 spiro atoms. The molecule has 1 N–H and O–H groups in total. The van der Waals surface area contributed by atoms with Crippen LogP contribution in [-0.2, 0) is 19.0 Å². The summed E-state index contributed by atoms with van der Waals surface area (Å²) in [5, 5.41) is 10.8. The van der Waals surface area contributed by atoms with E-state index in [-0.39, 0.29) is 18.4 Å². The molecule has 0 bridgehead atoms. The van der Waals surface area contributed by atoms with Gasteiger partial charge in [0.25, 0.3) is 0 Å². The zero-order valence-corrected chi connectivity index (χ0v) is 22.5. The molecule has 1 heterocycles. The molecule has 0 saturated carbocycles. The summed E-state index contributed by atoms with van der Waals surface area (Å²) in [6.07, 6.45) is 21.0. The number of aliphatic hydroxyl groups excluding tert-OH is 1. The fraction of sp³-hybridized carbons (Fsp3) is 0.645. The van der Waals surface area contributed by atoms with Gasteiger partial charge in [-0.15, -0.1) is 0 Å². The van der Waals surface area contributed by atoms with Gasteiger partial charge in [-0.05, 0) is 68.6 Å². The van der Waals surface area contributed by atoms with Crippen LogP contribution in [0.3, 0.4) is 0 Å². The zero-order chi connectivity index (χ0) is 25.8. The van der Waals surface area contributed by atoms with Gasteiger partial charge in [0.1, 0.15) is 6.10 Å². The van der Waals surface area contributed by atoms with Crippen molar-refractivity contribution in [2.45, 2.75) is 116 Å². The first-order valence-corrected chi connectivity index (χ1v) is 14.1. The number of carbonyl (C=O) groups excluding carboxylic acids is 1. The van der Waals surface area contributed by atoms with Gasteiger partial charge in [0.15, 0.2) is 6.29 Å². The molecule has 3 unspecified atom stereocenters. The van der Waals surface area contributed by atoms with Crippen molar-refractivity contribution in [1.82, 2.24) is 0 Å². The largest absolute Gasteiger partial charge is 0.458 e. The Hall–Kier alpha value is -1.95. The molecule has 1 aliphatic heterocycles. The second-order valence-electron chi connectivity index (χ2n) is 9.76. The van der Waals surface area contributed by atoms with Gasteiger partial charge in [-0.1, -0.05) is 81.5 Å². The number of aliphatic hydroxyl groups is 1. The Balaban J connectivity index is 1.78. The third-order valence-corrected chi connectivity index (χ3v) is 6.54. The van der Waals surface area contributed by atoms with Crippen molar-refractivity contribution < 1.29 is 24.1 Å². The van der Waals surface area contributed by atoms with Crippen LogP contribution in [0.5, 0.6) is 0 Å². The van der Waals surface area contributed by atoms with Gasteiger partial charge in [-0.2, -0.15) is 0 Å². The summed E-state index contributed by atoms with van der Waals surface area (Å²) in [7, 11) is 0. The van der Waals surface area contributed by atoms with Gasteiger partial charge in [0.05, 0.1) is 6.10 Å². The van der Waals surface area contributed by atoms with E-state index in [1.807, 2.05) is 48.6 Å². The normalized spacial score (nSPS) is 18.0. The Labute approximate surface area is 218 Å². The number of benzene rings is 1. The topological polar surface area (TPSA) is 65.0 Å². The number of ether oxygens (including phenoxy) is 3. The predicted molar refractivity (Wildman–Crippen MR) is 147 cm³/mol. The number of carbonyl (C=O) groups is 1. The van der Waals surface area contributed by atoms with Crippen molar-refractivity contribution in [1.29, 1.82) is 0 Å². The Morgan fingerprint density at radius 3 is 2.61 bits per heavy atom. The minimum absolute atomic E-state index is 0.0474. The molecule has 0 aliphatic carbocycles. The molecule has 1 saturated heterocycles. The number of unbranched alkanes of at least 4 members (excludes halogenated alkanes) is 6. The number of hydrogen-bond donors (Lipinski definition) is 1. The third kappa shape index (κ3) is 13.4. The van der Waals surface area contributed by atoms with Crippen LogP contribution >= 0.6 is 0 Å². The minimum Gasteiger partial charge on any atom is -0.458 e. The molecule has 36 heavy (non-hydrogen) atoms. The molecule has 5 nitrogen and oxygen atoms in total. The summed E-state index contributed by atoms with van der Waals surface area (Å²) in [4.78, 5) is 11.5. The van der Waals surface area contributed by atoms with Gasteiger partial charge >= 0.3 is 5.97 Å². The van der Waals surface area contributed by atoms with Crippen molar-refractivity contribution in [3.63, 3.8) is 0 Å². The van der Waals surface area contributed by atoms with E-state index in [0.717, 1.165) is 56.3 Å². The molecule has 1 fully saturated rings. The fourth-order valence-electron chi connectivity index (χ4n) is 4.50. The summed E-state index contributed by atoms with van der Waals surface area (Å²) in [5.74, 6) is -0.246. The van der Waals surface area contributed by atoms with E-state index in [1.54, 1.807) is 0 Å². The molecule has 1 aromatic rings. The van der Waals surface area contributed by atoms with Crippen molar-refractivity contribution in [2.75, 3.05) is 13.2 Å². The van der Waals surface area contributed by atoms with Gasteiger partial charge in [-0.3, -0.25) is 4.79 Å². The standard InChI is InChI=1S/C31H48O5/c1-3-4-5-6-7-8-19-28(36-26(2)32)20-11-9-17-27-18-10-12-21-29(27)30(33)22-13-15-24-34-31-23-14-16-25-35-31/h9-12,17-18,20-21,28,30-31,33H,3-8,13-16,19,22-25H2,1-2H3. The lowest BCUT2D eigenvalue weighted by Crippen LogP contribution is -2.22. The Morgan fingerprint density at radius 1 is 1.06 bits per heavy atom. The Bertz CT molecular complexity index is 766. The lowest BCUT2D eigenvalue weighted by atomic mass is 9.98. The molecule has 0 amide bonds. The van der Waals surface area contributed by atoms with Crippen LogP contribution < -0.4 is 0 Å². The maximum atomic E-state index is 11.5. The lowest BCUT2D eigenvalue weighted by molar-refractivity contribution is -0.162. The predicted octanol–water partition coefficient (Wildman–Crippen LogP) is 7.69. The fourth-order valence-corrected chi connectivity index (χ4v) is 4.50. The van der Waals surface area contributed by atoms with Crippen molar-refractivity contribution in [3.05, 3.63) is 53.6 Å². The van der Waals surface area contributed by atoms with E-state index in [1.165, 1.54) is 45.4 Å². The van der Waals surface area contributed by atoms with Crippen LogP contribution in [-0.4, -0.2) is 36.7 Å². The third-order valence-electron chi connectivity index (χ3n) is 6.54. The first-order valence-electron chi connectivity index (χ1n) is 14.1. The van der Waals surface area contributed by atoms with Gasteiger partial charge in [-0.25, -0.2) is 0 Å². The minimum atomic E-state index is -0.512. The molecule has 202 valence electrons. The van der Waals surface area contributed by atoms with E-state index in [4.69, 9.17) is 14.2 Å². The second-order valence-corrected chi connectivity index (χ2v) is 9.76. The summed E-state index contributed by atoms with van der Waals surface area (Å²) in [6, 6.07) is 7.96. The number of esters is 1. The molecule has 5 heteroatoms. The lowest BCUT2D eigenvalue weighted by Gasteiger charge is -2.22. The van der Waals surface area contributed by atoms with E-state index in [9.17, 15) is 9.90 Å². The highest BCUT2D eigenvalue weighted by molar-refractivity contribution is 5.66. The maximum absolute atomic E-state index is 11.5. The molecule has 0 radical (unpaired) electrons. The summed E-state index contributed by atoms with van der Waals surface area (Å²) in [6.45, 7) is 5.16. The van der Waals surface area contributed by atoms with E-state index in [0.29, 0.717) is 13.0 Å². The number of allylic oxidation sites excluding steroid dienone is 2. The first kappa shape index (κ1) is 30.3. The summed E-state index contributed by atoms with van der Waals surface area (Å²) >= 11 is 0. The smallest absolute Gasteiger partial charge is 0.303 e. The van der Waals surface area contributed by atoms with Gasteiger partial charge in [0, 0.05) is 20.1 Å². The van der Waals surface area contributed by atoms with Crippen molar-refractivity contribution in [2.24, 2.45) is 0 Å². The van der Waals surface area contributed by atoms with Crippen LogP contribution in [0, 0.1) is 0 Å². The molecular formula is C31H48O5. The maximum Gasteiger partial charge on any atom is 0.303 e. The highest BCUT2D eigenvalue weighted by atomic mass is 16.7. The first-order chi connectivity index (χ1) is 17.6. The molecule has 2 rings (SSSR count). The Kier molecular flexibility index (Phi) is 16.1. The van der Waals surface area contributed by atoms with Crippen LogP contribution in [0.25, 0.3) is 6.08 Å². The summed E-state index contributed by atoms with van der Waals surface area (Å²) in [5.41, 5.74) is 1.93. The van der Waals surface area contributed by atoms with Crippen LogP contribution in [0.2, 0.25) is 0 Å². The quantitative estimate of drug-likeness (QED) is 0.127. The monoisotopic (exact) mass is 500 g/mol. The number of rotatable bonds is 18. The molecule has 3 atom stereocenters. The highest BCUT2D eigenvalue weighted by Gasteiger charge is 2.14. The molecular weight excluding hydrogens is 452 g/mol. The van der Waals surface area contributed by atoms with Crippen LogP contribution in [0.15, 0.2) is 42.5 Å². The number of hydrogen-bond acceptors (Lipinski definition) is 5. The van der Waals surface area contributed by atoms with Crippen molar-refractivity contribution >= 4 is 12.0 Å². The average molecular weight is 501 g/mol. The van der Waals surface area contributed by atoms with Crippen LogP contribution in [0.1, 0.15) is 115 Å². The van der Waals surface area contributed by atoms with E-state index in [2.05, 4.69) is 6.92 Å². The van der Waals surface area contributed by atoms with Gasteiger partial charge in [0.2, 0.25) is 0 Å². The van der Waals surface area contributed by atoms with Crippen LogP contribution in [0.4, 0.5) is 0 Å². The average Bonchev–Trinajstić information content (AvgIpc) is 2.88. The van der Waals surface area contributed by atoms with E-state index >= 15 is 0 Å². The molecule has 1 aliphatic rings. The van der Waals surface area contributed by atoms with E-state index < -0.39 is 6.10 Å². The Morgan fingerprint density at radius 2 is 1.83 bits per heavy atom. The zero-order valence-electron chi connectivity index (χ0n) is 22.5. The molecule has 0 aromatic heterocycles. The second kappa shape index (κ2) is 19.2. The van der Waals surface area contributed by atoms with Crippen molar-refractivity contribution in [3.8, 4) is 0 Å². The highest BCUT2D eigenvalue weighted by Crippen LogP contribution is 2.24. The SMILES string of the molecule is CCCCCCCCC(C=CC=Cc1ccccc1C(O)CCCCOC1CCCCO1)OC(C)=O.